The number of methoxy groups -OCH3 is 1. The Bertz CT molecular complexity index is 977. The molecule has 152 valence electrons. The first-order valence-electron chi connectivity index (χ1n) is 9.54. The van der Waals surface area contributed by atoms with Gasteiger partial charge < -0.3 is 15.0 Å². The molecule has 0 atom stereocenters. The fraction of sp³-hybridized carbons (Fsp3) is 0.318. The van der Waals surface area contributed by atoms with E-state index in [1.165, 1.54) is 0 Å². The van der Waals surface area contributed by atoms with Crippen LogP contribution in [0.2, 0.25) is 0 Å². The van der Waals surface area contributed by atoms with Crippen molar-refractivity contribution in [2.75, 3.05) is 21.2 Å². The molecule has 0 aliphatic rings. The second-order valence-corrected chi connectivity index (χ2v) is 6.93. The predicted molar refractivity (Wildman–Crippen MR) is 115 cm³/mol. The minimum absolute atomic E-state index is 0.632. The summed E-state index contributed by atoms with van der Waals surface area (Å²) in [5.41, 5.74) is 4.23. The van der Waals surface area contributed by atoms with Gasteiger partial charge in [0.05, 0.1) is 12.8 Å². The fourth-order valence-corrected chi connectivity index (χ4v) is 3.24. The van der Waals surface area contributed by atoms with E-state index in [9.17, 15) is 0 Å². The van der Waals surface area contributed by atoms with E-state index in [2.05, 4.69) is 37.4 Å². The van der Waals surface area contributed by atoms with Crippen LogP contribution in [0.15, 0.2) is 53.7 Å². The molecule has 29 heavy (non-hydrogen) atoms. The molecule has 2 heterocycles. The standard InChI is InChI=1S/C22H28N6O/c1-16-12-17(2)28(26-16)21-11-10-18(13-24-21)14-25-22(23-3)27(4)15-19-8-6-7-9-20(19)29-5/h6-13H,14-15H2,1-5H3,(H,23,25). The van der Waals surface area contributed by atoms with Crippen LogP contribution in [0.25, 0.3) is 5.82 Å². The number of nitrogens with zero attached hydrogens (tertiary/aromatic N) is 5. The summed E-state index contributed by atoms with van der Waals surface area (Å²) in [5, 5.41) is 7.87. The van der Waals surface area contributed by atoms with Crippen LogP contribution in [0.1, 0.15) is 22.5 Å². The summed E-state index contributed by atoms with van der Waals surface area (Å²) < 4.78 is 7.30. The van der Waals surface area contributed by atoms with Gasteiger partial charge in [0.25, 0.3) is 0 Å². The Kier molecular flexibility index (Phi) is 6.49. The van der Waals surface area contributed by atoms with Gasteiger partial charge in [0, 0.05) is 44.6 Å². The van der Waals surface area contributed by atoms with Gasteiger partial charge in [0.15, 0.2) is 11.8 Å². The van der Waals surface area contributed by atoms with Gasteiger partial charge in [-0.1, -0.05) is 24.3 Å². The van der Waals surface area contributed by atoms with Crippen LogP contribution in [0.3, 0.4) is 0 Å². The Morgan fingerprint density at radius 1 is 1.21 bits per heavy atom. The summed E-state index contributed by atoms with van der Waals surface area (Å²) in [6, 6.07) is 14.1. The monoisotopic (exact) mass is 392 g/mol. The normalized spacial score (nSPS) is 11.4. The van der Waals surface area contributed by atoms with Crippen molar-refractivity contribution in [1.29, 1.82) is 0 Å². The van der Waals surface area contributed by atoms with Crippen LogP contribution >= 0.6 is 0 Å². The van der Waals surface area contributed by atoms with E-state index >= 15 is 0 Å². The number of aliphatic imine (C=N–C) groups is 1. The quantitative estimate of drug-likeness (QED) is 0.516. The minimum atomic E-state index is 0.632. The Morgan fingerprint density at radius 2 is 2.00 bits per heavy atom. The number of hydrogen-bond acceptors (Lipinski definition) is 4. The third kappa shape index (κ3) is 4.93. The van der Waals surface area contributed by atoms with E-state index in [4.69, 9.17) is 4.74 Å². The lowest BCUT2D eigenvalue weighted by Gasteiger charge is -2.23. The molecule has 0 spiro atoms. The van der Waals surface area contributed by atoms with E-state index in [1.807, 2.05) is 62.1 Å². The highest BCUT2D eigenvalue weighted by molar-refractivity contribution is 5.79. The highest BCUT2D eigenvalue weighted by atomic mass is 16.5. The van der Waals surface area contributed by atoms with Gasteiger partial charge in [0.1, 0.15) is 5.75 Å². The first-order chi connectivity index (χ1) is 14.0. The third-order valence-corrected chi connectivity index (χ3v) is 4.66. The topological polar surface area (TPSA) is 67.6 Å². The highest BCUT2D eigenvalue weighted by Gasteiger charge is 2.10. The van der Waals surface area contributed by atoms with Crippen LogP contribution in [-0.2, 0) is 13.1 Å². The van der Waals surface area contributed by atoms with Gasteiger partial charge in [-0.2, -0.15) is 5.10 Å². The number of pyridine rings is 1. The summed E-state index contributed by atoms with van der Waals surface area (Å²) >= 11 is 0. The van der Waals surface area contributed by atoms with Crippen LogP contribution in [0.4, 0.5) is 0 Å². The van der Waals surface area contributed by atoms with Crippen molar-refractivity contribution in [3.63, 3.8) is 0 Å². The van der Waals surface area contributed by atoms with Crippen LogP contribution < -0.4 is 10.1 Å². The molecule has 0 aliphatic carbocycles. The Labute approximate surface area is 172 Å². The first kappa shape index (κ1) is 20.4. The first-order valence-corrected chi connectivity index (χ1v) is 9.54. The lowest BCUT2D eigenvalue weighted by Crippen LogP contribution is -2.38. The lowest BCUT2D eigenvalue weighted by molar-refractivity contribution is 0.396. The molecular formula is C22H28N6O. The second kappa shape index (κ2) is 9.23. The minimum Gasteiger partial charge on any atom is -0.496 e. The molecule has 1 N–H and O–H groups in total. The third-order valence-electron chi connectivity index (χ3n) is 4.66. The highest BCUT2D eigenvalue weighted by Crippen LogP contribution is 2.18. The molecule has 0 aliphatic heterocycles. The number of aromatic nitrogens is 3. The van der Waals surface area contributed by atoms with Crippen LogP contribution in [0, 0.1) is 13.8 Å². The molecule has 0 radical (unpaired) electrons. The summed E-state index contributed by atoms with van der Waals surface area (Å²) in [6.07, 6.45) is 1.87. The van der Waals surface area contributed by atoms with Crippen LogP contribution in [-0.4, -0.2) is 46.8 Å². The van der Waals surface area contributed by atoms with E-state index in [-0.39, 0.29) is 0 Å². The van der Waals surface area contributed by atoms with Gasteiger partial charge in [0.2, 0.25) is 0 Å². The largest absolute Gasteiger partial charge is 0.496 e. The number of nitrogens with one attached hydrogen (secondary N) is 1. The SMILES string of the molecule is CN=C(NCc1ccc(-n2nc(C)cc2C)nc1)N(C)Cc1ccccc1OC. The average molecular weight is 393 g/mol. The van der Waals surface area contributed by atoms with Crippen molar-refractivity contribution in [3.8, 4) is 11.6 Å². The average Bonchev–Trinajstić information content (AvgIpc) is 3.07. The number of hydrogen-bond donors (Lipinski definition) is 1. The molecule has 0 fully saturated rings. The number of ether oxygens (including phenoxy) is 1. The summed E-state index contributed by atoms with van der Waals surface area (Å²) in [5.74, 6) is 2.49. The summed E-state index contributed by atoms with van der Waals surface area (Å²) in [6.45, 7) is 5.33. The maximum Gasteiger partial charge on any atom is 0.193 e. The molecule has 3 aromatic rings. The number of aryl methyl sites for hydroxylation is 2. The van der Waals surface area contributed by atoms with Crippen LogP contribution in [0.5, 0.6) is 5.75 Å². The molecule has 0 saturated carbocycles. The molecule has 0 bridgehead atoms. The molecule has 7 nitrogen and oxygen atoms in total. The Balaban J connectivity index is 1.62. The number of benzene rings is 1. The van der Waals surface area contributed by atoms with Gasteiger partial charge in [-0.25, -0.2) is 9.67 Å². The van der Waals surface area contributed by atoms with Crippen molar-refractivity contribution in [2.45, 2.75) is 26.9 Å². The second-order valence-electron chi connectivity index (χ2n) is 6.93. The van der Waals surface area contributed by atoms with Crippen molar-refractivity contribution in [3.05, 3.63) is 71.2 Å². The van der Waals surface area contributed by atoms with Crippen molar-refractivity contribution >= 4 is 5.96 Å². The maximum atomic E-state index is 5.44. The molecule has 0 amide bonds. The van der Waals surface area contributed by atoms with E-state index in [0.29, 0.717) is 13.1 Å². The molecule has 2 aromatic heterocycles. The fourth-order valence-electron chi connectivity index (χ4n) is 3.24. The van der Waals surface area contributed by atoms with E-state index < -0.39 is 0 Å². The summed E-state index contributed by atoms with van der Waals surface area (Å²) in [4.78, 5) is 11.0. The smallest absolute Gasteiger partial charge is 0.193 e. The zero-order chi connectivity index (χ0) is 20.8. The van der Waals surface area contributed by atoms with Crippen molar-refractivity contribution in [2.24, 2.45) is 4.99 Å². The number of rotatable bonds is 6. The molecule has 0 saturated heterocycles. The lowest BCUT2D eigenvalue weighted by atomic mass is 10.2. The summed E-state index contributed by atoms with van der Waals surface area (Å²) in [7, 11) is 5.48. The van der Waals surface area contributed by atoms with E-state index in [0.717, 1.165) is 40.0 Å². The molecule has 3 rings (SSSR count). The number of para-hydroxylation sites is 1. The number of guanidine groups is 1. The van der Waals surface area contributed by atoms with Crippen molar-refractivity contribution < 1.29 is 4.74 Å². The van der Waals surface area contributed by atoms with Gasteiger partial charge in [-0.3, -0.25) is 4.99 Å². The van der Waals surface area contributed by atoms with Gasteiger partial charge in [-0.05, 0) is 37.6 Å². The predicted octanol–water partition coefficient (Wildman–Crippen LogP) is 3.10. The molecule has 1 aromatic carbocycles. The van der Waals surface area contributed by atoms with Crippen molar-refractivity contribution in [1.82, 2.24) is 25.0 Å². The molecule has 0 unspecified atom stereocenters. The maximum absolute atomic E-state index is 5.44. The molecule has 7 heteroatoms. The Morgan fingerprint density at radius 3 is 2.62 bits per heavy atom. The zero-order valence-electron chi connectivity index (χ0n) is 17.7. The zero-order valence-corrected chi connectivity index (χ0v) is 17.7. The molecular weight excluding hydrogens is 364 g/mol. The van der Waals surface area contributed by atoms with Gasteiger partial charge in [-0.15, -0.1) is 0 Å². The van der Waals surface area contributed by atoms with Gasteiger partial charge >= 0.3 is 0 Å². The van der Waals surface area contributed by atoms with E-state index in [1.54, 1.807) is 14.2 Å². The Hall–Kier alpha value is -3.35.